The van der Waals surface area contributed by atoms with Crippen molar-refractivity contribution in [2.45, 2.75) is 51.1 Å². The molecule has 0 radical (unpaired) electrons. The predicted molar refractivity (Wildman–Crippen MR) is 110 cm³/mol. The van der Waals surface area contributed by atoms with Crippen LogP contribution in [-0.2, 0) is 16.1 Å². The second-order valence-electron chi connectivity index (χ2n) is 8.51. The van der Waals surface area contributed by atoms with Gasteiger partial charge in [0.15, 0.2) is 0 Å². The Morgan fingerprint density at radius 3 is 2.54 bits per heavy atom. The summed E-state index contributed by atoms with van der Waals surface area (Å²) in [5.41, 5.74) is 1.03. The summed E-state index contributed by atoms with van der Waals surface area (Å²) in [7, 11) is 0. The van der Waals surface area contributed by atoms with Crippen LogP contribution < -0.4 is 5.32 Å². The standard InChI is InChI=1S/C22H30ClN3O2/c23-19-5-1-3-16(13-19)14-24-21(27)18-4-2-10-26(15-18)20-8-11-25(12-9-20)22(28)17-6-7-17/h1,3,5,13,17-18,20H,2,4,6-12,14-15H2,(H,24,27). The van der Waals surface area contributed by atoms with Crippen molar-refractivity contribution in [1.29, 1.82) is 0 Å². The van der Waals surface area contributed by atoms with E-state index in [4.69, 9.17) is 11.6 Å². The monoisotopic (exact) mass is 403 g/mol. The van der Waals surface area contributed by atoms with Gasteiger partial charge in [-0.05, 0) is 62.8 Å². The van der Waals surface area contributed by atoms with Gasteiger partial charge in [-0.3, -0.25) is 14.5 Å². The quantitative estimate of drug-likeness (QED) is 0.822. The molecule has 1 unspecified atom stereocenters. The molecule has 2 aliphatic heterocycles. The zero-order chi connectivity index (χ0) is 19.5. The first-order valence-electron chi connectivity index (χ1n) is 10.6. The third-order valence-corrected chi connectivity index (χ3v) is 6.63. The molecule has 1 saturated carbocycles. The van der Waals surface area contributed by atoms with Crippen LogP contribution in [0.25, 0.3) is 0 Å². The van der Waals surface area contributed by atoms with Crippen molar-refractivity contribution in [3.8, 4) is 0 Å². The molecule has 1 aromatic carbocycles. The van der Waals surface area contributed by atoms with Crippen molar-refractivity contribution in [2.75, 3.05) is 26.2 Å². The molecule has 1 atom stereocenters. The third kappa shape index (κ3) is 4.87. The molecule has 0 aromatic heterocycles. The van der Waals surface area contributed by atoms with E-state index < -0.39 is 0 Å². The van der Waals surface area contributed by atoms with Gasteiger partial charge in [-0.15, -0.1) is 0 Å². The molecule has 0 spiro atoms. The van der Waals surface area contributed by atoms with Gasteiger partial charge in [0.25, 0.3) is 0 Å². The number of hydrogen-bond acceptors (Lipinski definition) is 3. The molecule has 6 heteroatoms. The third-order valence-electron chi connectivity index (χ3n) is 6.40. The van der Waals surface area contributed by atoms with E-state index in [0.29, 0.717) is 29.4 Å². The van der Waals surface area contributed by atoms with Gasteiger partial charge in [0.2, 0.25) is 11.8 Å². The summed E-state index contributed by atoms with van der Waals surface area (Å²) >= 11 is 6.02. The van der Waals surface area contributed by atoms with Crippen LogP contribution in [0.3, 0.4) is 0 Å². The fourth-order valence-electron chi connectivity index (χ4n) is 4.57. The average Bonchev–Trinajstić information content (AvgIpc) is 3.57. The summed E-state index contributed by atoms with van der Waals surface area (Å²) in [6.07, 6.45) is 6.26. The van der Waals surface area contributed by atoms with Crippen LogP contribution in [0, 0.1) is 11.8 Å². The van der Waals surface area contributed by atoms with Crippen LogP contribution in [0.2, 0.25) is 5.02 Å². The Balaban J connectivity index is 1.24. The molecule has 0 bridgehead atoms. The zero-order valence-corrected chi connectivity index (χ0v) is 17.2. The van der Waals surface area contributed by atoms with Crippen LogP contribution in [0.5, 0.6) is 0 Å². The highest BCUT2D eigenvalue weighted by molar-refractivity contribution is 6.30. The molecular formula is C22H30ClN3O2. The predicted octanol–water partition coefficient (Wildman–Crippen LogP) is 3.07. The number of benzene rings is 1. The van der Waals surface area contributed by atoms with Gasteiger partial charge >= 0.3 is 0 Å². The lowest BCUT2D eigenvalue weighted by Crippen LogP contribution is -2.51. The number of rotatable bonds is 5. The number of likely N-dealkylation sites (tertiary alicyclic amines) is 2. The van der Waals surface area contributed by atoms with E-state index in [1.165, 1.54) is 0 Å². The van der Waals surface area contributed by atoms with E-state index in [-0.39, 0.29) is 11.8 Å². The van der Waals surface area contributed by atoms with Crippen molar-refractivity contribution in [2.24, 2.45) is 11.8 Å². The van der Waals surface area contributed by atoms with Crippen LogP contribution in [0.4, 0.5) is 0 Å². The number of amides is 2. The summed E-state index contributed by atoms with van der Waals surface area (Å²) in [6.45, 7) is 4.18. The normalized spacial score (nSPS) is 24.2. The highest BCUT2D eigenvalue weighted by Crippen LogP contribution is 2.32. The first kappa shape index (κ1) is 19.7. The highest BCUT2D eigenvalue weighted by Gasteiger charge is 2.37. The fourth-order valence-corrected chi connectivity index (χ4v) is 4.79. The van der Waals surface area contributed by atoms with Crippen LogP contribution in [-0.4, -0.2) is 53.8 Å². The SMILES string of the molecule is O=C(NCc1cccc(Cl)c1)C1CCCN(C2CCN(C(=O)C3CC3)CC2)C1. The minimum Gasteiger partial charge on any atom is -0.352 e. The molecule has 5 nitrogen and oxygen atoms in total. The van der Waals surface area contributed by atoms with Gasteiger partial charge in [-0.1, -0.05) is 23.7 Å². The average molecular weight is 404 g/mol. The highest BCUT2D eigenvalue weighted by atomic mass is 35.5. The molecule has 1 aromatic rings. The molecular weight excluding hydrogens is 374 g/mol. The minimum absolute atomic E-state index is 0.0547. The van der Waals surface area contributed by atoms with E-state index in [9.17, 15) is 9.59 Å². The summed E-state index contributed by atoms with van der Waals surface area (Å²) in [5.74, 6) is 0.888. The Morgan fingerprint density at radius 1 is 1.04 bits per heavy atom. The first-order chi connectivity index (χ1) is 13.6. The Bertz CT molecular complexity index is 713. The second-order valence-corrected chi connectivity index (χ2v) is 8.95. The molecule has 1 aliphatic carbocycles. The number of halogens is 1. The maximum absolute atomic E-state index is 12.7. The molecule has 2 saturated heterocycles. The topological polar surface area (TPSA) is 52.7 Å². The summed E-state index contributed by atoms with van der Waals surface area (Å²) in [6, 6.07) is 8.13. The van der Waals surface area contributed by atoms with Crippen LogP contribution in [0.15, 0.2) is 24.3 Å². The summed E-state index contributed by atoms with van der Waals surface area (Å²) in [5, 5.41) is 3.78. The van der Waals surface area contributed by atoms with Crippen molar-refractivity contribution < 1.29 is 9.59 Å². The van der Waals surface area contributed by atoms with Gasteiger partial charge in [-0.2, -0.15) is 0 Å². The molecule has 2 heterocycles. The Hall–Kier alpha value is -1.59. The van der Waals surface area contributed by atoms with Gasteiger partial charge in [0.1, 0.15) is 0 Å². The van der Waals surface area contributed by atoms with Gasteiger partial charge in [-0.25, -0.2) is 0 Å². The molecule has 152 valence electrons. The lowest BCUT2D eigenvalue weighted by atomic mass is 9.93. The largest absolute Gasteiger partial charge is 0.352 e. The van der Waals surface area contributed by atoms with Crippen LogP contribution >= 0.6 is 11.6 Å². The molecule has 3 aliphatic rings. The van der Waals surface area contributed by atoms with Gasteiger partial charge in [0, 0.05) is 43.2 Å². The number of hydrogen-bond donors (Lipinski definition) is 1. The maximum Gasteiger partial charge on any atom is 0.225 e. The molecule has 28 heavy (non-hydrogen) atoms. The van der Waals surface area contributed by atoms with E-state index >= 15 is 0 Å². The number of carbonyl (C=O) groups excluding carboxylic acids is 2. The fraction of sp³-hybridized carbons (Fsp3) is 0.636. The van der Waals surface area contributed by atoms with E-state index in [1.54, 1.807) is 0 Å². The van der Waals surface area contributed by atoms with Crippen molar-refractivity contribution in [3.05, 3.63) is 34.9 Å². The number of piperidine rings is 2. The second kappa shape index (κ2) is 8.83. The molecule has 4 rings (SSSR count). The van der Waals surface area contributed by atoms with Crippen molar-refractivity contribution in [3.63, 3.8) is 0 Å². The Labute approximate surface area is 172 Å². The first-order valence-corrected chi connectivity index (χ1v) is 11.0. The lowest BCUT2D eigenvalue weighted by Gasteiger charge is -2.42. The van der Waals surface area contributed by atoms with Crippen molar-refractivity contribution >= 4 is 23.4 Å². The Morgan fingerprint density at radius 2 is 1.82 bits per heavy atom. The summed E-state index contributed by atoms with van der Waals surface area (Å²) < 4.78 is 0. The molecule has 3 fully saturated rings. The Kier molecular flexibility index (Phi) is 6.22. The zero-order valence-electron chi connectivity index (χ0n) is 16.4. The van der Waals surface area contributed by atoms with Crippen molar-refractivity contribution in [1.82, 2.24) is 15.1 Å². The summed E-state index contributed by atoms with van der Waals surface area (Å²) in [4.78, 5) is 29.5. The van der Waals surface area contributed by atoms with E-state index in [2.05, 4.69) is 15.1 Å². The van der Waals surface area contributed by atoms with Gasteiger partial charge in [0.05, 0.1) is 5.92 Å². The van der Waals surface area contributed by atoms with E-state index in [0.717, 1.165) is 70.3 Å². The minimum atomic E-state index is 0.0547. The maximum atomic E-state index is 12.7. The molecule has 2 amide bonds. The number of carbonyl (C=O) groups is 2. The molecule has 1 N–H and O–H groups in total. The van der Waals surface area contributed by atoms with Crippen LogP contribution in [0.1, 0.15) is 44.1 Å². The lowest BCUT2D eigenvalue weighted by molar-refractivity contribution is -0.134. The number of nitrogens with zero attached hydrogens (tertiary/aromatic N) is 2. The smallest absolute Gasteiger partial charge is 0.225 e. The number of nitrogens with one attached hydrogen (secondary N) is 1. The van der Waals surface area contributed by atoms with Gasteiger partial charge < -0.3 is 10.2 Å². The van der Waals surface area contributed by atoms with E-state index in [1.807, 2.05) is 24.3 Å².